The highest BCUT2D eigenvalue weighted by Gasteiger charge is 2.63. The number of benzene rings is 7. The third-order valence-corrected chi connectivity index (χ3v) is 22.7. The molecule has 13 rings (SSSR count). The maximum atomic E-state index is 16.2. The number of methoxy groups -OCH3 is 1. The number of aliphatic hydroxyl groups excluding tert-OH is 1. The van der Waals surface area contributed by atoms with Crippen LogP contribution in [0.2, 0.25) is 0 Å². The van der Waals surface area contributed by atoms with Crippen molar-refractivity contribution < 1.29 is 157 Å². The second kappa shape index (κ2) is 45.7. The first kappa shape index (κ1) is 98.6. The van der Waals surface area contributed by atoms with Gasteiger partial charge in [0.05, 0.1) is 68.9 Å². The highest BCUT2D eigenvalue weighted by atomic mass is 16.8. The van der Waals surface area contributed by atoms with Gasteiger partial charge in [0, 0.05) is 55.6 Å². The number of carbonyl (C=O) groups is 10. The predicted molar refractivity (Wildman–Crippen MR) is 459 cm³/mol. The van der Waals surface area contributed by atoms with Gasteiger partial charge in [0.1, 0.15) is 98.5 Å². The third kappa shape index (κ3) is 25.1. The Balaban J connectivity index is 0.983. The van der Waals surface area contributed by atoms with Crippen molar-refractivity contribution in [2.45, 2.75) is 263 Å². The van der Waals surface area contributed by atoms with E-state index in [1.54, 1.807) is 70.2 Å². The van der Waals surface area contributed by atoms with Crippen molar-refractivity contribution in [3.8, 4) is 0 Å². The summed E-state index contributed by atoms with van der Waals surface area (Å²) < 4.78 is 146. The Labute approximate surface area is 762 Å². The Bertz CT molecular complexity index is 5030. The predicted octanol–water partition coefficient (Wildman–Crippen LogP) is 8.50. The monoisotopic (exact) mass is 1830 g/mol. The minimum atomic E-state index is -2.10. The molecule has 35 heteroatoms. The van der Waals surface area contributed by atoms with Crippen LogP contribution in [-0.4, -0.2) is 256 Å². The lowest BCUT2D eigenvalue weighted by Crippen LogP contribution is -2.71. The molecule has 6 aliphatic rings. The van der Waals surface area contributed by atoms with Crippen molar-refractivity contribution in [1.29, 1.82) is 0 Å². The molecule has 0 aliphatic carbocycles. The molecule has 0 radical (unpaired) electrons. The molecular weight excluding hydrogens is 1720 g/mol. The van der Waals surface area contributed by atoms with Gasteiger partial charge >= 0.3 is 41.8 Å². The lowest BCUT2D eigenvalue weighted by molar-refractivity contribution is -0.386. The molecule has 0 bridgehead atoms. The summed E-state index contributed by atoms with van der Waals surface area (Å²) in [7, 11) is 1.20. The smallest absolute Gasteiger partial charge is 0.311 e. The van der Waals surface area contributed by atoms with E-state index < -0.39 is 245 Å². The Morgan fingerprint density at radius 2 is 0.780 bits per heavy atom. The van der Waals surface area contributed by atoms with Gasteiger partial charge in [-0.25, -0.2) is 0 Å². The number of amides is 3. The largest absolute Gasteiger partial charge is 0.463 e. The molecule has 0 unspecified atom stereocenters. The highest BCUT2D eigenvalue weighted by molar-refractivity contribution is 6.21. The molecule has 5 saturated heterocycles. The summed E-state index contributed by atoms with van der Waals surface area (Å²) in [6, 6.07) is 52.3. The van der Waals surface area contributed by atoms with Crippen molar-refractivity contribution in [3.05, 3.63) is 227 Å². The molecule has 2 N–H and O–H groups in total. The van der Waals surface area contributed by atoms with E-state index in [0.717, 1.165) is 75.3 Å². The number of fused-ring (bicyclic) bond motifs is 2. The average Bonchev–Trinajstić information content (AvgIpc) is 1.49. The van der Waals surface area contributed by atoms with Gasteiger partial charge in [0.15, 0.2) is 62.0 Å². The maximum Gasteiger partial charge on any atom is 0.311 e. The van der Waals surface area contributed by atoms with Crippen LogP contribution in [-0.2, 0) is 176 Å². The summed E-state index contributed by atoms with van der Waals surface area (Å²) in [5, 5.41) is 17.8. The van der Waals surface area contributed by atoms with Crippen LogP contribution in [0.4, 0.5) is 0 Å². The molecule has 0 aromatic heterocycles. The summed E-state index contributed by atoms with van der Waals surface area (Å²) in [6.07, 6.45) is -39.0. The molecule has 0 spiro atoms. The van der Waals surface area contributed by atoms with Gasteiger partial charge in [-0.05, 0) is 84.5 Å². The number of hydrogen-bond acceptors (Lipinski definition) is 33. The van der Waals surface area contributed by atoms with Crippen LogP contribution in [0.1, 0.15) is 125 Å². The Kier molecular flexibility index (Phi) is 34.1. The standard InChI is InChI=1S/C97H112N2O33/c1-53-77(114-45-62-31-19-14-20-32-62)83(115-46-63-33-21-15-22-34-63)86(117-47-64-35-23-16-24-36-64)93(120-53)132-82-75(99-89(108)68-39-27-28-40-69(68)90(99)109)92(118-50-70-76(107)81(74(98-54(2)100)91(111-12)126-70)131-95-88(125-60(8)106)85(123-58(6)104)80(122-57(5)103)73(129-95)52-119-96(110)97(9,10)11)127-71(49-112-44-61-29-17-13-18-30-61)78(82)130-94-87(124-59(7)105)84(79(121-56(4)102)72(128-94)51-113-55(3)101)116-48-65-41-42-66-37-25-26-38-67(66)43-65/h13-43,53,70-88,91-95,107H,44-52H2,1-12H3,(H,98,100)/t53-,70+,71+,72+,73+,74+,75+,76-,77+,78+,79-,80-,81+,82+,83+,84-,85-,86-,87+,88+,91-,92+,93-,94-,95-/m0/s1. The Morgan fingerprint density at radius 1 is 0.371 bits per heavy atom. The van der Waals surface area contributed by atoms with E-state index in [1.165, 1.54) is 19.2 Å². The van der Waals surface area contributed by atoms with Crippen LogP contribution in [0.5, 0.6) is 0 Å². The van der Waals surface area contributed by atoms with Crippen LogP contribution in [0, 0.1) is 5.41 Å². The number of ether oxygens (including phenoxy) is 22. The molecule has 6 heterocycles. The molecule has 708 valence electrons. The SMILES string of the molecule is CO[C@H]1O[C@H](CO[C@@H]2O[C@H](COCc3ccccc3)[C@@H](O[C@@H]3O[C@H](COC(C)=O)[C@H](OC(C)=O)[C@H](OCc4ccc5ccccc5c4)[C@H]3OC(C)=O)[C@H](O[C@@H]3O[C@@H](C)[C@@H](OCc4ccccc4)[C@@H](OCc4ccccc4)[C@@H]3OCc3ccccc3)[C@H]2N2C(=O)c3ccccc3C2=O)[C@H](O)[C@H](O[C@@H]2O[C@H](COC(=O)C(C)(C)C)[C@H](OC(C)=O)[C@H](OC(C)=O)[C@H]2OC(C)=O)[C@H]1NC(C)=O. The Hall–Kier alpha value is -10.9. The first-order valence-electron chi connectivity index (χ1n) is 43.5. The fourth-order valence-corrected chi connectivity index (χ4v) is 16.7. The first-order chi connectivity index (χ1) is 63.4. The molecule has 35 nitrogen and oxygen atoms in total. The molecular formula is C97H112N2O33. The van der Waals surface area contributed by atoms with E-state index in [1.807, 2.05) is 133 Å². The number of rotatable bonds is 37. The van der Waals surface area contributed by atoms with Crippen LogP contribution in [0.15, 0.2) is 188 Å². The van der Waals surface area contributed by atoms with E-state index in [0.29, 0.717) is 16.7 Å². The number of carbonyl (C=O) groups excluding carboxylic acids is 10. The minimum Gasteiger partial charge on any atom is -0.463 e. The molecule has 6 aliphatic heterocycles. The number of nitrogens with zero attached hydrogens (tertiary/aromatic N) is 1. The fraction of sp³-hybridized carbons (Fsp3) is 0.485. The van der Waals surface area contributed by atoms with Gasteiger partial charge < -0.3 is 115 Å². The first-order valence-corrected chi connectivity index (χ1v) is 43.5. The summed E-state index contributed by atoms with van der Waals surface area (Å²) in [5.41, 5.74) is 2.14. The number of aliphatic hydroxyl groups is 1. The van der Waals surface area contributed by atoms with Crippen molar-refractivity contribution in [3.63, 3.8) is 0 Å². The van der Waals surface area contributed by atoms with Crippen LogP contribution in [0.3, 0.4) is 0 Å². The van der Waals surface area contributed by atoms with Gasteiger partial charge in [0.25, 0.3) is 11.8 Å². The lowest BCUT2D eigenvalue weighted by atomic mass is 9.92. The topological polar surface area (TPSA) is 409 Å². The third-order valence-electron chi connectivity index (χ3n) is 22.7. The van der Waals surface area contributed by atoms with Crippen LogP contribution < -0.4 is 5.32 Å². The molecule has 132 heavy (non-hydrogen) atoms. The molecule has 7 aromatic rings. The summed E-state index contributed by atoms with van der Waals surface area (Å²) in [4.78, 5) is 141. The van der Waals surface area contributed by atoms with Gasteiger partial charge in [-0.1, -0.05) is 170 Å². The second-order valence-electron chi connectivity index (χ2n) is 33.7. The number of hydrogen-bond donors (Lipinski definition) is 2. The summed E-state index contributed by atoms with van der Waals surface area (Å²) in [5.74, 6) is -8.88. The van der Waals surface area contributed by atoms with Crippen molar-refractivity contribution in [1.82, 2.24) is 10.2 Å². The second-order valence-corrected chi connectivity index (χ2v) is 33.7. The Morgan fingerprint density at radius 3 is 1.30 bits per heavy atom. The lowest BCUT2D eigenvalue weighted by Gasteiger charge is -2.53. The van der Waals surface area contributed by atoms with Crippen molar-refractivity contribution in [2.75, 3.05) is 33.5 Å². The van der Waals surface area contributed by atoms with Crippen molar-refractivity contribution in [2.24, 2.45) is 5.41 Å². The quantitative estimate of drug-likeness (QED) is 0.0209. The van der Waals surface area contributed by atoms with E-state index in [2.05, 4.69) is 5.32 Å². The summed E-state index contributed by atoms with van der Waals surface area (Å²) in [6.45, 7) is 10.7. The van der Waals surface area contributed by atoms with Crippen LogP contribution in [0.25, 0.3) is 10.8 Å². The van der Waals surface area contributed by atoms with Crippen molar-refractivity contribution >= 4 is 70.3 Å². The zero-order valence-corrected chi connectivity index (χ0v) is 75.2. The van der Waals surface area contributed by atoms with Gasteiger partial charge in [-0.2, -0.15) is 0 Å². The van der Waals surface area contributed by atoms with Crippen LogP contribution >= 0.6 is 0 Å². The zero-order valence-electron chi connectivity index (χ0n) is 75.2. The fourth-order valence-electron chi connectivity index (χ4n) is 16.7. The molecule has 7 aromatic carbocycles. The number of nitrogens with one attached hydrogen (secondary N) is 1. The molecule has 25 atom stereocenters. The summed E-state index contributed by atoms with van der Waals surface area (Å²) >= 11 is 0. The van der Waals surface area contributed by atoms with E-state index in [4.69, 9.17) is 104 Å². The highest BCUT2D eigenvalue weighted by Crippen LogP contribution is 2.44. The number of esters is 7. The number of imide groups is 1. The molecule has 0 saturated carbocycles. The maximum absolute atomic E-state index is 16.2. The van der Waals surface area contributed by atoms with E-state index in [9.17, 15) is 43.5 Å². The van der Waals surface area contributed by atoms with Gasteiger partial charge in [-0.3, -0.25) is 52.8 Å². The van der Waals surface area contributed by atoms with E-state index in [-0.39, 0.29) is 44.2 Å². The van der Waals surface area contributed by atoms with E-state index >= 15 is 9.59 Å². The normalized spacial score (nSPS) is 29.4. The molecule has 3 amide bonds. The molecule has 5 fully saturated rings. The minimum absolute atomic E-state index is 0.0390. The van der Waals surface area contributed by atoms with Gasteiger partial charge in [0.2, 0.25) is 5.91 Å². The average molecular weight is 1830 g/mol. The zero-order chi connectivity index (χ0) is 94.0. The van der Waals surface area contributed by atoms with Gasteiger partial charge in [-0.15, -0.1) is 0 Å².